The number of rotatable bonds is 2. The number of phenols is 2. The molecule has 0 spiro atoms. The highest BCUT2D eigenvalue weighted by Crippen LogP contribution is 2.36. The molecule has 4 rings (SSSR count). The van der Waals surface area contributed by atoms with Gasteiger partial charge in [-0.1, -0.05) is 0 Å². The Kier molecular flexibility index (Phi) is 3.67. The number of H-pyrrole nitrogens is 1. The molecule has 0 fully saturated rings. The highest BCUT2D eigenvalue weighted by Gasteiger charge is 2.21. The van der Waals surface area contributed by atoms with Crippen molar-refractivity contribution in [3.63, 3.8) is 0 Å². The summed E-state index contributed by atoms with van der Waals surface area (Å²) in [6.07, 6.45) is 1.09. The number of imidazole rings is 1. The van der Waals surface area contributed by atoms with Crippen LogP contribution in [0, 0.1) is 6.92 Å². The van der Waals surface area contributed by atoms with Gasteiger partial charge in [-0.3, -0.25) is 4.79 Å². The first kappa shape index (κ1) is 17.3. The smallest absolute Gasteiger partial charge is 0.333 e. The van der Waals surface area contributed by atoms with Gasteiger partial charge in [-0.2, -0.15) is 0 Å². The lowest BCUT2D eigenvalue weighted by Crippen LogP contribution is -2.16. The van der Waals surface area contributed by atoms with Gasteiger partial charge in [0.25, 0.3) is 0 Å². The van der Waals surface area contributed by atoms with Gasteiger partial charge in [-0.05, 0) is 42.8 Å². The number of aromatic amines is 1. The van der Waals surface area contributed by atoms with Crippen molar-refractivity contribution in [3.05, 3.63) is 62.8 Å². The van der Waals surface area contributed by atoms with Crippen LogP contribution in [0.1, 0.15) is 5.56 Å². The maximum absolute atomic E-state index is 12.7. The molecule has 2 heterocycles. The van der Waals surface area contributed by atoms with Crippen LogP contribution in [0.3, 0.4) is 0 Å². The number of aromatic hydroxyl groups is 4. The standard InChI is InChI=1S/C19H14N2O7/c1-8-4-10-15(25)16(26)17(9-2-3-12(22)13(23)6-9)28-18(10)11(5-8)21-14(24)7-20-19(21)27/h2-7,22-24,26H,1H3,(H,20,27). The number of hydrogen-bond acceptors (Lipinski definition) is 7. The summed E-state index contributed by atoms with van der Waals surface area (Å²) in [5.74, 6) is -2.20. The van der Waals surface area contributed by atoms with E-state index in [2.05, 4.69) is 4.98 Å². The van der Waals surface area contributed by atoms with Gasteiger partial charge in [0.05, 0.1) is 17.3 Å². The Morgan fingerprint density at radius 3 is 2.39 bits per heavy atom. The Labute approximate surface area is 156 Å². The first-order chi connectivity index (χ1) is 13.3. The third-order valence-corrected chi connectivity index (χ3v) is 4.33. The average Bonchev–Trinajstić information content (AvgIpc) is 2.98. The molecule has 0 bridgehead atoms. The number of benzene rings is 2. The van der Waals surface area contributed by atoms with Crippen LogP contribution in [-0.4, -0.2) is 30.0 Å². The summed E-state index contributed by atoms with van der Waals surface area (Å²) in [4.78, 5) is 27.2. The summed E-state index contributed by atoms with van der Waals surface area (Å²) in [5, 5.41) is 39.6. The Morgan fingerprint density at radius 2 is 1.75 bits per heavy atom. The molecule has 0 saturated carbocycles. The molecule has 0 atom stereocenters. The van der Waals surface area contributed by atoms with Crippen molar-refractivity contribution in [2.24, 2.45) is 0 Å². The van der Waals surface area contributed by atoms with Gasteiger partial charge < -0.3 is 29.8 Å². The molecule has 0 saturated heterocycles. The van der Waals surface area contributed by atoms with E-state index in [0.717, 1.165) is 16.8 Å². The Bertz CT molecular complexity index is 1360. The van der Waals surface area contributed by atoms with Gasteiger partial charge >= 0.3 is 5.69 Å². The van der Waals surface area contributed by atoms with Gasteiger partial charge in [0.15, 0.2) is 22.8 Å². The van der Waals surface area contributed by atoms with E-state index in [1.165, 1.54) is 24.3 Å². The molecule has 4 aromatic rings. The van der Waals surface area contributed by atoms with Crippen LogP contribution in [-0.2, 0) is 0 Å². The first-order valence-corrected chi connectivity index (χ1v) is 8.10. The second-order valence-corrected chi connectivity index (χ2v) is 6.26. The van der Waals surface area contributed by atoms with Crippen LogP contribution >= 0.6 is 0 Å². The Balaban J connectivity index is 2.13. The van der Waals surface area contributed by atoms with Crippen LogP contribution in [0.15, 0.2) is 50.5 Å². The molecule has 9 nitrogen and oxygen atoms in total. The highest BCUT2D eigenvalue weighted by molar-refractivity contribution is 5.89. The topological polar surface area (TPSA) is 149 Å². The molecule has 0 radical (unpaired) electrons. The molecular formula is C19H14N2O7. The summed E-state index contributed by atoms with van der Waals surface area (Å²) in [6, 6.07) is 6.65. The quantitative estimate of drug-likeness (QED) is 0.333. The number of aryl methyl sites for hydroxylation is 1. The van der Waals surface area contributed by atoms with Crippen LogP contribution in [0.2, 0.25) is 0 Å². The average molecular weight is 382 g/mol. The number of aromatic nitrogens is 2. The lowest BCUT2D eigenvalue weighted by Gasteiger charge is -2.11. The zero-order valence-corrected chi connectivity index (χ0v) is 14.4. The third kappa shape index (κ3) is 2.49. The Morgan fingerprint density at radius 1 is 1.00 bits per heavy atom. The van der Waals surface area contributed by atoms with Crippen molar-refractivity contribution in [1.29, 1.82) is 0 Å². The molecule has 0 unspecified atom stereocenters. The minimum absolute atomic E-state index is 0.00625. The maximum Gasteiger partial charge on any atom is 0.333 e. The molecule has 0 aliphatic carbocycles. The maximum atomic E-state index is 12.7. The predicted octanol–water partition coefficient (Wildman–Crippen LogP) is 2.07. The molecule has 28 heavy (non-hydrogen) atoms. The number of fused-ring (bicyclic) bond motifs is 1. The van der Waals surface area contributed by atoms with E-state index in [1.54, 1.807) is 6.92 Å². The molecule has 9 heteroatoms. The van der Waals surface area contributed by atoms with Crippen molar-refractivity contribution in [3.8, 4) is 40.1 Å². The summed E-state index contributed by atoms with van der Waals surface area (Å²) in [5.41, 5.74) is -0.630. The van der Waals surface area contributed by atoms with Crippen molar-refractivity contribution in [1.82, 2.24) is 9.55 Å². The van der Waals surface area contributed by atoms with E-state index in [0.29, 0.717) is 5.56 Å². The van der Waals surface area contributed by atoms with Crippen molar-refractivity contribution in [2.45, 2.75) is 6.92 Å². The normalized spacial score (nSPS) is 11.2. The molecule has 0 aliphatic rings. The van der Waals surface area contributed by atoms with E-state index in [4.69, 9.17) is 4.42 Å². The Hall–Kier alpha value is -4.14. The van der Waals surface area contributed by atoms with Gasteiger partial charge in [-0.15, -0.1) is 0 Å². The van der Waals surface area contributed by atoms with E-state index in [9.17, 15) is 30.0 Å². The van der Waals surface area contributed by atoms with Gasteiger partial charge in [-0.25, -0.2) is 9.36 Å². The molecular weight excluding hydrogens is 368 g/mol. The summed E-state index contributed by atoms with van der Waals surface area (Å²) in [6.45, 7) is 1.68. The number of nitrogens with one attached hydrogen (secondary N) is 1. The largest absolute Gasteiger partial charge is 0.504 e. The fraction of sp³-hybridized carbons (Fsp3) is 0.0526. The fourth-order valence-corrected chi connectivity index (χ4v) is 3.03. The fourth-order valence-electron chi connectivity index (χ4n) is 3.03. The lowest BCUT2D eigenvalue weighted by atomic mass is 10.1. The van der Waals surface area contributed by atoms with Crippen LogP contribution in [0.5, 0.6) is 23.1 Å². The van der Waals surface area contributed by atoms with Gasteiger partial charge in [0.2, 0.25) is 17.1 Å². The molecule has 0 amide bonds. The van der Waals surface area contributed by atoms with E-state index >= 15 is 0 Å². The van der Waals surface area contributed by atoms with E-state index in [-0.39, 0.29) is 33.7 Å². The van der Waals surface area contributed by atoms with Crippen LogP contribution in [0.25, 0.3) is 28.0 Å². The molecule has 2 aromatic heterocycles. The van der Waals surface area contributed by atoms with Gasteiger partial charge in [0.1, 0.15) is 0 Å². The van der Waals surface area contributed by atoms with Crippen LogP contribution in [0.4, 0.5) is 0 Å². The van der Waals surface area contributed by atoms with E-state index < -0.39 is 28.5 Å². The van der Waals surface area contributed by atoms with Crippen molar-refractivity contribution < 1.29 is 24.8 Å². The van der Waals surface area contributed by atoms with Crippen LogP contribution < -0.4 is 11.1 Å². The summed E-state index contributed by atoms with van der Waals surface area (Å²) < 4.78 is 6.67. The number of hydrogen-bond donors (Lipinski definition) is 5. The zero-order valence-electron chi connectivity index (χ0n) is 14.4. The monoisotopic (exact) mass is 382 g/mol. The summed E-state index contributed by atoms with van der Waals surface area (Å²) in [7, 11) is 0. The molecule has 142 valence electrons. The SMILES string of the molecule is Cc1cc(-n2c(O)c[nH]c2=O)c2oc(-c3ccc(O)c(O)c3)c(O)c(=O)c2c1. The summed E-state index contributed by atoms with van der Waals surface area (Å²) >= 11 is 0. The van der Waals surface area contributed by atoms with E-state index in [1.807, 2.05) is 0 Å². The second-order valence-electron chi connectivity index (χ2n) is 6.26. The minimum Gasteiger partial charge on any atom is -0.504 e. The zero-order chi connectivity index (χ0) is 20.2. The number of nitrogens with zero attached hydrogens (tertiary/aromatic N) is 1. The third-order valence-electron chi connectivity index (χ3n) is 4.33. The number of phenolic OH excluding ortho intramolecular Hbond substituents is 2. The first-order valence-electron chi connectivity index (χ1n) is 8.10. The molecule has 2 aromatic carbocycles. The lowest BCUT2D eigenvalue weighted by molar-refractivity contribution is 0.403. The predicted molar refractivity (Wildman–Crippen MR) is 99.3 cm³/mol. The molecule has 0 aliphatic heterocycles. The van der Waals surface area contributed by atoms with Crippen molar-refractivity contribution >= 4 is 11.0 Å². The minimum atomic E-state index is -0.753. The highest BCUT2D eigenvalue weighted by atomic mass is 16.4. The molecule has 5 N–H and O–H groups in total. The van der Waals surface area contributed by atoms with Gasteiger partial charge in [0, 0.05) is 5.56 Å². The second kappa shape index (κ2) is 5.95. The van der Waals surface area contributed by atoms with Crippen molar-refractivity contribution in [2.75, 3.05) is 0 Å².